The molecule has 2 rings (SSSR count). The van der Waals surface area contributed by atoms with Crippen molar-refractivity contribution >= 4 is 68.1 Å². The number of nitro groups is 2. The molecule has 0 aliphatic rings. The quantitative estimate of drug-likeness (QED) is 0.240. The standard InChI is InChI=1S/C15H8BrCl3N2O6/c16-9-6-7-10(20(23)24)11(12(9)21(25)26)13(8-4-2-1-3-5-8)27-14(22)15(17,18)19/h1-7,13H. The van der Waals surface area contributed by atoms with Gasteiger partial charge < -0.3 is 4.74 Å². The van der Waals surface area contributed by atoms with Crippen LogP contribution in [0.5, 0.6) is 0 Å². The van der Waals surface area contributed by atoms with Gasteiger partial charge in [0.05, 0.1) is 14.3 Å². The Bertz CT molecular complexity index is 904. The van der Waals surface area contributed by atoms with Crippen LogP contribution >= 0.6 is 50.7 Å². The van der Waals surface area contributed by atoms with Crippen LogP contribution < -0.4 is 0 Å². The van der Waals surface area contributed by atoms with E-state index < -0.39 is 42.7 Å². The summed E-state index contributed by atoms with van der Waals surface area (Å²) >= 11 is 19.5. The van der Waals surface area contributed by atoms with Gasteiger partial charge in [0.2, 0.25) is 0 Å². The molecular formula is C15H8BrCl3N2O6. The van der Waals surface area contributed by atoms with Crippen LogP contribution in [0.3, 0.4) is 0 Å². The number of carbonyl (C=O) groups is 1. The first-order valence-corrected chi connectivity index (χ1v) is 8.90. The van der Waals surface area contributed by atoms with E-state index in [0.717, 1.165) is 12.1 Å². The van der Waals surface area contributed by atoms with E-state index in [4.69, 9.17) is 39.5 Å². The second-order valence-corrected chi connectivity index (χ2v) is 8.17. The molecule has 0 bridgehead atoms. The molecule has 2 aromatic carbocycles. The van der Waals surface area contributed by atoms with Crippen LogP contribution in [0.4, 0.5) is 11.4 Å². The van der Waals surface area contributed by atoms with Gasteiger partial charge in [-0.2, -0.15) is 0 Å². The lowest BCUT2D eigenvalue weighted by atomic mass is 9.98. The molecule has 0 saturated heterocycles. The highest BCUT2D eigenvalue weighted by Crippen LogP contribution is 2.44. The van der Waals surface area contributed by atoms with Gasteiger partial charge in [-0.05, 0) is 27.6 Å². The van der Waals surface area contributed by atoms with Crippen LogP contribution in [-0.4, -0.2) is 19.6 Å². The minimum Gasteiger partial charge on any atom is -0.449 e. The second kappa shape index (κ2) is 8.39. The van der Waals surface area contributed by atoms with E-state index in [1.54, 1.807) is 18.2 Å². The normalized spacial score (nSPS) is 12.3. The van der Waals surface area contributed by atoms with Gasteiger partial charge in [-0.1, -0.05) is 65.1 Å². The minimum atomic E-state index is -2.48. The van der Waals surface area contributed by atoms with Crippen molar-refractivity contribution in [1.29, 1.82) is 0 Å². The number of rotatable bonds is 5. The maximum Gasteiger partial charge on any atom is 0.359 e. The Morgan fingerprint density at radius 2 is 1.63 bits per heavy atom. The SMILES string of the molecule is O=C(OC(c1ccccc1)c1c([N+](=O)[O-])ccc(Br)c1[N+](=O)[O-])C(Cl)(Cl)Cl. The number of hydrogen-bond donors (Lipinski definition) is 0. The molecule has 0 aliphatic carbocycles. The van der Waals surface area contributed by atoms with Crippen molar-refractivity contribution in [1.82, 2.24) is 0 Å². The number of ether oxygens (including phenoxy) is 1. The summed E-state index contributed by atoms with van der Waals surface area (Å²) in [7, 11) is 0. The number of hydrogen-bond acceptors (Lipinski definition) is 6. The summed E-state index contributed by atoms with van der Waals surface area (Å²) < 4.78 is 2.63. The minimum absolute atomic E-state index is 0.0426. The predicted octanol–water partition coefficient (Wildman–Crippen LogP) is 5.27. The van der Waals surface area contributed by atoms with E-state index >= 15 is 0 Å². The largest absolute Gasteiger partial charge is 0.449 e. The molecule has 27 heavy (non-hydrogen) atoms. The average molecular weight is 498 g/mol. The molecule has 2 aromatic rings. The summed E-state index contributed by atoms with van der Waals surface area (Å²) in [6.07, 6.45) is -1.56. The van der Waals surface area contributed by atoms with Crippen LogP contribution in [-0.2, 0) is 9.53 Å². The highest BCUT2D eigenvalue weighted by atomic mass is 79.9. The van der Waals surface area contributed by atoms with Gasteiger partial charge in [0.25, 0.3) is 15.2 Å². The molecule has 0 N–H and O–H groups in total. The highest BCUT2D eigenvalue weighted by Gasteiger charge is 2.41. The summed E-state index contributed by atoms with van der Waals surface area (Å²) in [5.74, 6) is -1.34. The van der Waals surface area contributed by atoms with Crippen molar-refractivity contribution in [3.8, 4) is 0 Å². The lowest BCUT2D eigenvalue weighted by Crippen LogP contribution is -2.25. The molecule has 0 aromatic heterocycles. The first kappa shape index (κ1) is 21.4. The fourth-order valence-corrected chi connectivity index (χ4v) is 2.89. The molecule has 0 fully saturated rings. The Balaban J connectivity index is 2.79. The van der Waals surface area contributed by atoms with Crippen molar-refractivity contribution in [2.75, 3.05) is 0 Å². The predicted molar refractivity (Wildman–Crippen MR) is 102 cm³/mol. The summed E-state index contributed by atoms with van der Waals surface area (Å²) in [5, 5.41) is 23.0. The summed E-state index contributed by atoms with van der Waals surface area (Å²) in [5.41, 5.74) is -1.52. The van der Waals surface area contributed by atoms with Crippen molar-refractivity contribution < 1.29 is 19.4 Å². The summed E-state index contributed by atoms with van der Waals surface area (Å²) in [4.78, 5) is 33.5. The second-order valence-electron chi connectivity index (χ2n) is 5.04. The maximum absolute atomic E-state index is 12.1. The van der Waals surface area contributed by atoms with Crippen LogP contribution in [0.1, 0.15) is 17.2 Å². The number of halogens is 4. The average Bonchev–Trinajstić information content (AvgIpc) is 2.58. The molecule has 0 spiro atoms. The van der Waals surface area contributed by atoms with Gasteiger partial charge in [-0.25, -0.2) is 4.79 Å². The molecule has 0 radical (unpaired) electrons. The number of esters is 1. The molecule has 1 atom stereocenters. The van der Waals surface area contributed by atoms with Crippen molar-refractivity contribution in [2.45, 2.75) is 9.90 Å². The van der Waals surface area contributed by atoms with Gasteiger partial charge in [0.15, 0.2) is 11.7 Å². The van der Waals surface area contributed by atoms with Crippen LogP contribution in [0.2, 0.25) is 0 Å². The van der Waals surface area contributed by atoms with Gasteiger partial charge in [0, 0.05) is 6.07 Å². The lowest BCUT2D eigenvalue weighted by Gasteiger charge is -2.21. The van der Waals surface area contributed by atoms with E-state index in [-0.39, 0.29) is 10.0 Å². The molecule has 8 nitrogen and oxygen atoms in total. The maximum atomic E-state index is 12.1. The first-order valence-electron chi connectivity index (χ1n) is 6.98. The fourth-order valence-electron chi connectivity index (χ4n) is 2.27. The van der Waals surface area contributed by atoms with E-state index in [9.17, 15) is 25.0 Å². The van der Waals surface area contributed by atoms with Gasteiger partial charge in [0.1, 0.15) is 0 Å². The topological polar surface area (TPSA) is 113 Å². The molecule has 1 unspecified atom stereocenters. The first-order chi connectivity index (χ1) is 12.5. The summed E-state index contributed by atoms with van der Waals surface area (Å²) in [6.45, 7) is 0. The number of carbonyl (C=O) groups excluding carboxylic acids is 1. The third-order valence-electron chi connectivity index (χ3n) is 3.34. The third-order valence-corrected chi connectivity index (χ3v) is 4.45. The number of alkyl halides is 3. The Morgan fingerprint density at radius 3 is 2.11 bits per heavy atom. The Kier molecular flexibility index (Phi) is 6.63. The van der Waals surface area contributed by atoms with Crippen LogP contribution in [0.25, 0.3) is 0 Å². The third kappa shape index (κ3) is 4.86. The van der Waals surface area contributed by atoms with E-state index in [2.05, 4.69) is 15.9 Å². The van der Waals surface area contributed by atoms with Gasteiger partial charge in [-0.3, -0.25) is 20.2 Å². The zero-order valence-corrected chi connectivity index (χ0v) is 16.8. The number of benzene rings is 2. The van der Waals surface area contributed by atoms with E-state index in [1.165, 1.54) is 12.1 Å². The smallest absolute Gasteiger partial charge is 0.359 e. The molecule has 0 aliphatic heterocycles. The Hall–Kier alpha value is -1.94. The summed E-state index contributed by atoms with van der Waals surface area (Å²) in [6, 6.07) is 9.88. The number of nitro benzene ring substituents is 2. The van der Waals surface area contributed by atoms with Crippen molar-refractivity contribution in [3.63, 3.8) is 0 Å². The lowest BCUT2D eigenvalue weighted by molar-refractivity contribution is -0.396. The van der Waals surface area contributed by atoms with E-state index in [0.29, 0.717) is 0 Å². The molecule has 0 heterocycles. The zero-order valence-electron chi connectivity index (χ0n) is 13.0. The van der Waals surface area contributed by atoms with Gasteiger partial charge in [-0.15, -0.1) is 0 Å². The zero-order chi connectivity index (χ0) is 20.4. The Morgan fingerprint density at radius 1 is 1.04 bits per heavy atom. The van der Waals surface area contributed by atoms with Crippen molar-refractivity contribution in [2.24, 2.45) is 0 Å². The van der Waals surface area contributed by atoms with Crippen LogP contribution in [0.15, 0.2) is 46.9 Å². The van der Waals surface area contributed by atoms with Gasteiger partial charge >= 0.3 is 5.97 Å². The molecular weight excluding hydrogens is 490 g/mol. The molecule has 0 saturated carbocycles. The number of nitrogens with zero attached hydrogens (tertiary/aromatic N) is 2. The molecule has 0 amide bonds. The highest BCUT2D eigenvalue weighted by molar-refractivity contribution is 9.10. The monoisotopic (exact) mass is 496 g/mol. The van der Waals surface area contributed by atoms with E-state index in [1.807, 2.05) is 0 Å². The molecule has 142 valence electrons. The van der Waals surface area contributed by atoms with Crippen molar-refractivity contribution in [3.05, 3.63) is 78.3 Å². The fraction of sp³-hybridized carbons (Fsp3) is 0.133. The molecule has 12 heteroatoms. The van der Waals surface area contributed by atoms with Crippen LogP contribution in [0, 0.1) is 20.2 Å². The Labute approximate surface area is 175 Å².